The number of imidazole rings is 1. The summed E-state index contributed by atoms with van der Waals surface area (Å²) in [5.41, 5.74) is 7.94. The largest absolute Gasteiger partial charge is 0.457 e. The molecule has 0 bridgehead atoms. The quantitative estimate of drug-likeness (QED) is 0.208. The number of para-hydroxylation sites is 2. The lowest BCUT2D eigenvalue weighted by Gasteiger charge is -2.21. The fourth-order valence-electron chi connectivity index (χ4n) is 5.83. The van der Waals surface area contributed by atoms with Gasteiger partial charge in [0.15, 0.2) is 0 Å². The van der Waals surface area contributed by atoms with Crippen molar-refractivity contribution in [2.24, 2.45) is 0 Å². The molecule has 5 heteroatoms. The van der Waals surface area contributed by atoms with Gasteiger partial charge in [0.2, 0.25) is 0 Å². The Morgan fingerprint density at radius 2 is 1.48 bits per heavy atom. The zero-order valence-corrected chi connectivity index (χ0v) is 23.7. The van der Waals surface area contributed by atoms with Gasteiger partial charge in [-0.2, -0.15) is 0 Å². The van der Waals surface area contributed by atoms with E-state index in [1.165, 1.54) is 5.56 Å². The molecule has 0 atom stereocenters. The van der Waals surface area contributed by atoms with Crippen LogP contribution in [0.3, 0.4) is 0 Å². The zero-order valence-electron chi connectivity index (χ0n) is 23.7. The van der Waals surface area contributed by atoms with E-state index >= 15 is 0 Å². The Bertz CT molecular complexity index is 2330. The number of benzene rings is 4. The molecule has 0 radical (unpaired) electrons. The van der Waals surface area contributed by atoms with E-state index in [-0.39, 0.29) is 5.41 Å². The van der Waals surface area contributed by atoms with Crippen LogP contribution < -0.4 is 4.74 Å². The van der Waals surface area contributed by atoms with Crippen LogP contribution in [0.25, 0.3) is 60.5 Å². The molecule has 4 heterocycles. The minimum atomic E-state index is -0.0684. The number of fused-ring (bicyclic) bond motifs is 9. The van der Waals surface area contributed by atoms with Gasteiger partial charge < -0.3 is 4.74 Å². The molecule has 4 aromatic carbocycles. The average Bonchev–Trinajstić information content (AvgIpc) is 3.41. The second-order valence-corrected chi connectivity index (χ2v) is 11.9. The molecule has 42 heavy (non-hydrogen) atoms. The van der Waals surface area contributed by atoms with E-state index < -0.39 is 0 Å². The molecule has 202 valence electrons. The minimum absolute atomic E-state index is 0.0684. The Morgan fingerprint density at radius 1 is 0.667 bits per heavy atom. The third kappa shape index (κ3) is 3.97. The number of hydrogen-bond acceptors (Lipinski definition) is 4. The molecule has 0 aliphatic carbocycles. The topological polar surface area (TPSA) is 52.3 Å². The average molecular weight is 545 g/mol. The first-order valence-corrected chi connectivity index (χ1v) is 14.2. The minimum Gasteiger partial charge on any atom is -0.457 e. The second-order valence-electron chi connectivity index (χ2n) is 11.9. The first-order chi connectivity index (χ1) is 20.4. The van der Waals surface area contributed by atoms with Crippen molar-refractivity contribution in [2.75, 3.05) is 0 Å². The highest BCUT2D eigenvalue weighted by Crippen LogP contribution is 2.37. The van der Waals surface area contributed by atoms with Gasteiger partial charge in [0.05, 0.1) is 27.8 Å². The first-order valence-electron chi connectivity index (χ1n) is 14.2. The molecule has 0 amide bonds. The predicted octanol–water partition coefficient (Wildman–Crippen LogP) is 9.49. The van der Waals surface area contributed by atoms with Crippen molar-refractivity contribution in [3.05, 3.63) is 121 Å². The van der Waals surface area contributed by atoms with Gasteiger partial charge in [-0.05, 0) is 83.1 Å². The van der Waals surface area contributed by atoms with Crippen molar-refractivity contribution in [1.82, 2.24) is 19.4 Å². The molecule has 0 fully saturated rings. The van der Waals surface area contributed by atoms with E-state index in [2.05, 4.69) is 98.0 Å². The Hall–Kier alpha value is -5.29. The van der Waals surface area contributed by atoms with Crippen molar-refractivity contribution in [3.63, 3.8) is 0 Å². The summed E-state index contributed by atoms with van der Waals surface area (Å²) in [6.45, 7) is 6.66. The number of pyridine rings is 3. The van der Waals surface area contributed by atoms with Crippen LogP contribution in [0.15, 0.2) is 116 Å². The van der Waals surface area contributed by atoms with Gasteiger partial charge in [-0.15, -0.1) is 0 Å². The van der Waals surface area contributed by atoms with Crippen LogP contribution >= 0.6 is 0 Å². The Labute approximate surface area is 243 Å². The summed E-state index contributed by atoms with van der Waals surface area (Å²) in [5.74, 6) is 1.52. The molecule has 0 spiro atoms. The highest BCUT2D eigenvalue weighted by molar-refractivity contribution is 6.12. The maximum Gasteiger partial charge on any atom is 0.146 e. The van der Waals surface area contributed by atoms with E-state index in [4.69, 9.17) is 19.7 Å². The fraction of sp³-hybridized carbons (Fsp3) is 0.108. The van der Waals surface area contributed by atoms with E-state index in [1.807, 2.05) is 42.7 Å². The lowest BCUT2D eigenvalue weighted by Crippen LogP contribution is -2.11. The third-order valence-electron chi connectivity index (χ3n) is 8.01. The Morgan fingerprint density at radius 3 is 2.36 bits per heavy atom. The first kappa shape index (κ1) is 24.5. The lowest BCUT2D eigenvalue weighted by molar-refractivity contribution is 0.479. The van der Waals surface area contributed by atoms with Crippen LogP contribution in [0.4, 0.5) is 0 Å². The van der Waals surface area contributed by atoms with Crippen LogP contribution in [0.5, 0.6) is 11.5 Å². The highest BCUT2D eigenvalue weighted by Gasteiger charge is 2.19. The van der Waals surface area contributed by atoms with Crippen LogP contribution in [0.2, 0.25) is 0 Å². The van der Waals surface area contributed by atoms with Gasteiger partial charge in [-0.3, -0.25) is 14.4 Å². The highest BCUT2D eigenvalue weighted by atomic mass is 16.5. The van der Waals surface area contributed by atoms with E-state index in [1.54, 1.807) is 0 Å². The Balaban J connectivity index is 1.30. The molecular weight excluding hydrogens is 516 g/mol. The third-order valence-corrected chi connectivity index (χ3v) is 8.01. The van der Waals surface area contributed by atoms with Gasteiger partial charge in [0, 0.05) is 34.1 Å². The summed E-state index contributed by atoms with van der Waals surface area (Å²) in [5, 5.41) is 4.34. The summed E-state index contributed by atoms with van der Waals surface area (Å²) in [7, 11) is 0. The van der Waals surface area contributed by atoms with Gasteiger partial charge in [0.1, 0.15) is 17.1 Å². The van der Waals surface area contributed by atoms with Gasteiger partial charge in [-0.1, -0.05) is 57.2 Å². The molecule has 4 aromatic heterocycles. The number of rotatable bonds is 3. The zero-order chi connectivity index (χ0) is 28.4. The smallest absolute Gasteiger partial charge is 0.146 e. The van der Waals surface area contributed by atoms with Crippen LogP contribution in [0.1, 0.15) is 26.3 Å². The van der Waals surface area contributed by atoms with E-state index in [0.717, 1.165) is 72.0 Å². The molecule has 0 unspecified atom stereocenters. The summed E-state index contributed by atoms with van der Waals surface area (Å²) in [6.07, 6.45) is 3.79. The SMILES string of the molecule is CC(C)(C)c1cc(Oc2ccc3c(c2)c2nc4ccccc4n2c2cccnc32)cc(-c2cc3ccccc3cn2)c1. The molecule has 5 nitrogen and oxygen atoms in total. The molecule has 0 aliphatic rings. The molecule has 0 aliphatic heterocycles. The van der Waals surface area contributed by atoms with Crippen molar-refractivity contribution >= 4 is 49.3 Å². The predicted molar refractivity (Wildman–Crippen MR) is 171 cm³/mol. The van der Waals surface area contributed by atoms with Crippen molar-refractivity contribution in [3.8, 4) is 22.8 Å². The summed E-state index contributed by atoms with van der Waals surface area (Å²) >= 11 is 0. The number of hydrogen-bond donors (Lipinski definition) is 0. The molecule has 8 rings (SSSR count). The summed E-state index contributed by atoms with van der Waals surface area (Å²) in [6, 6.07) is 35.4. The fourth-order valence-corrected chi connectivity index (χ4v) is 5.83. The van der Waals surface area contributed by atoms with Crippen molar-refractivity contribution < 1.29 is 4.74 Å². The monoisotopic (exact) mass is 544 g/mol. The van der Waals surface area contributed by atoms with Crippen LogP contribution in [0, 0.1) is 0 Å². The lowest BCUT2D eigenvalue weighted by atomic mass is 9.85. The van der Waals surface area contributed by atoms with Gasteiger partial charge in [0.25, 0.3) is 0 Å². The van der Waals surface area contributed by atoms with Gasteiger partial charge >= 0.3 is 0 Å². The molecule has 0 N–H and O–H groups in total. The van der Waals surface area contributed by atoms with Crippen molar-refractivity contribution in [1.29, 1.82) is 0 Å². The maximum absolute atomic E-state index is 6.62. The molecule has 0 saturated heterocycles. The van der Waals surface area contributed by atoms with E-state index in [9.17, 15) is 0 Å². The second kappa shape index (κ2) is 9.11. The number of nitrogens with zero attached hydrogens (tertiary/aromatic N) is 4. The standard InChI is InChI=1S/C37H28N4O/c1-37(2,3)26-17-25(32-19-23-9-4-5-10-24(23)22-39-32)18-28(20-26)42-27-14-15-29-30(21-27)36-40-31-11-6-7-12-33(31)41(36)34-13-8-16-38-35(29)34/h4-22H,1-3H3. The van der Waals surface area contributed by atoms with E-state index in [0.29, 0.717) is 0 Å². The van der Waals surface area contributed by atoms with Crippen LogP contribution in [-0.4, -0.2) is 19.4 Å². The normalized spacial score (nSPS) is 12.2. The molecular formula is C37H28N4O. The maximum atomic E-state index is 6.62. The van der Waals surface area contributed by atoms with Crippen molar-refractivity contribution in [2.45, 2.75) is 26.2 Å². The number of ether oxygens (including phenoxy) is 1. The summed E-state index contributed by atoms with van der Waals surface area (Å²) < 4.78 is 8.82. The molecule has 0 saturated carbocycles. The van der Waals surface area contributed by atoms with Crippen LogP contribution in [-0.2, 0) is 5.41 Å². The summed E-state index contributed by atoms with van der Waals surface area (Å²) in [4.78, 5) is 14.6. The molecule has 8 aromatic rings. The number of aromatic nitrogens is 4. The van der Waals surface area contributed by atoms with Gasteiger partial charge in [-0.25, -0.2) is 4.98 Å². The Kier molecular flexibility index (Phi) is 5.32.